The van der Waals surface area contributed by atoms with Gasteiger partial charge in [-0.1, -0.05) is 36.8 Å². The predicted molar refractivity (Wildman–Crippen MR) is 96.0 cm³/mol. The Morgan fingerprint density at radius 3 is 2.77 bits per heavy atom. The lowest BCUT2D eigenvalue weighted by molar-refractivity contribution is -0.121. The topological polar surface area (TPSA) is 46.1 Å². The largest absolute Gasteiger partial charge is 0.301 e. The number of hydrogen-bond acceptors (Lipinski definition) is 5. The third-order valence-corrected chi connectivity index (χ3v) is 5.37. The van der Waals surface area contributed by atoms with Gasteiger partial charge < -0.3 is 4.90 Å². The second-order valence-electron chi connectivity index (χ2n) is 4.97. The summed E-state index contributed by atoms with van der Waals surface area (Å²) in [6, 6.07) is 3.76. The summed E-state index contributed by atoms with van der Waals surface area (Å²) >= 11 is 12.0. The van der Waals surface area contributed by atoms with Crippen LogP contribution in [0, 0.1) is 5.92 Å². The molecule has 2 aromatic heterocycles. The highest BCUT2D eigenvalue weighted by molar-refractivity contribution is 7.81. The Kier molecular flexibility index (Phi) is 5.83. The summed E-state index contributed by atoms with van der Waals surface area (Å²) in [5, 5.41) is 1.75. The van der Waals surface area contributed by atoms with Crippen molar-refractivity contribution in [2.45, 2.75) is 26.0 Å². The number of rotatable bonds is 5. The minimum Gasteiger partial charge on any atom is -0.301 e. The van der Waals surface area contributed by atoms with Gasteiger partial charge in [-0.05, 0) is 19.1 Å². The fourth-order valence-electron chi connectivity index (χ4n) is 1.92. The van der Waals surface area contributed by atoms with Gasteiger partial charge in [0.1, 0.15) is 10.0 Å². The number of halogens is 1. The van der Waals surface area contributed by atoms with Gasteiger partial charge in [0.25, 0.3) is 0 Å². The molecule has 2 aromatic rings. The fraction of sp³-hybridized carbons (Fsp3) is 0.400. The van der Waals surface area contributed by atoms with Gasteiger partial charge in [-0.3, -0.25) is 9.78 Å². The smallest absolute Gasteiger partial charge is 0.231 e. The minimum absolute atomic E-state index is 0.00767. The molecule has 0 saturated heterocycles. The van der Waals surface area contributed by atoms with Crippen LogP contribution in [0.15, 0.2) is 24.5 Å². The standard InChI is InChI=1S/C15H18ClN3OS2/c1-4-19(14(20)9(2)10(3)21)15-12(16)18-13(22-15)11-6-5-7-17-8-11/h5-10,21H,4H2,1-3H3. The van der Waals surface area contributed by atoms with Crippen molar-refractivity contribution in [3.63, 3.8) is 0 Å². The van der Waals surface area contributed by atoms with E-state index in [2.05, 4.69) is 22.6 Å². The lowest BCUT2D eigenvalue weighted by Crippen LogP contribution is -2.37. The number of thiol groups is 1. The maximum Gasteiger partial charge on any atom is 0.231 e. The first-order valence-electron chi connectivity index (χ1n) is 7.01. The Balaban J connectivity index is 2.35. The molecule has 0 spiro atoms. The fourth-order valence-corrected chi connectivity index (χ4v) is 3.42. The van der Waals surface area contributed by atoms with Gasteiger partial charge in [0.2, 0.25) is 5.91 Å². The zero-order valence-electron chi connectivity index (χ0n) is 12.7. The Morgan fingerprint density at radius 1 is 1.50 bits per heavy atom. The van der Waals surface area contributed by atoms with E-state index in [0.717, 1.165) is 10.6 Å². The van der Waals surface area contributed by atoms with Crippen molar-refractivity contribution in [2.24, 2.45) is 5.92 Å². The molecule has 0 aliphatic rings. The normalized spacial score (nSPS) is 13.7. The van der Waals surface area contributed by atoms with Crippen molar-refractivity contribution in [1.82, 2.24) is 9.97 Å². The first-order chi connectivity index (χ1) is 10.5. The van der Waals surface area contributed by atoms with Crippen LogP contribution in [0.5, 0.6) is 0 Å². The number of carbonyl (C=O) groups is 1. The van der Waals surface area contributed by atoms with Gasteiger partial charge in [0.15, 0.2) is 5.15 Å². The van der Waals surface area contributed by atoms with E-state index >= 15 is 0 Å². The van der Waals surface area contributed by atoms with Gasteiger partial charge in [0, 0.05) is 35.7 Å². The molecule has 4 nitrogen and oxygen atoms in total. The lowest BCUT2D eigenvalue weighted by atomic mass is 10.1. The first kappa shape index (κ1) is 17.2. The van der Waals surface area contributed by atoms with Gasteiger partial charge in [-0.25, -0.2) is 4.98 Å². The molecule has 2 atom stereocenters. The highest BCUT2D eigenvalue weighted by Gasteiger charge is 2.27. The molecule has 118 valence electrons. The van der Waals surface area contributed by atoms with E-state index < -0.39 is 0 Å². The maximum atomic E-state index is 12.6. The highest BCUT2D eigenvalue weighted by atomic mass is 35.5. The van der Waals surface area contributed by atoms with Crippen LogP contribution < -0.4 is 4.90 Å². The summed E-state index contributed by atoms with van der Waals surface area (Å²) in [7, 11) is 0. The Labute approximate surface area is 145 Å². The summed E-state index contributed by atoms with van der Waals surface area (Å²) in [4.78, 5) is 22.7. The monoisotopic (exact) mass is 355 g/mol. The summed E-state index contributed by atoms with van der Waals surface area (Å²) in [5.74, 6) is -0.184. The van der Waals surface area contributed by atoms with E-state index in [1.807, 2.05) is 32.9 Å². The van der Waals surface area contributed by atoms with E-state index in [-0.39, 0.29) is 17.1 Å². The zero-order chi connectivity index (χ0) is 16.3. The van der Waals surface area contributed by atoms with Gasteiger partial charge in [-0.15, -0.1) is 0 Å². The summed E-state index contributed by atoms with van der Waals surface area (Å²) in [6.45, 7) is 6.25. The maximum absolute atomic E-state index is 12.6. The molecule has 2 unspecified atom stereocenters. The molecule has 0 fully saturated rings. The Morgan fingerprint density at radius 2 is 2.23 bits per heavy atom. The number of nitrogens with zero attached hydrogens (tertiary/aromatic N) is 3. The number of amides is 1. The van der Waals surface area contributed by atoms with E-state index in [1.54, 1.807) is 17.3 Å². The van der Waals surface area contributed by atoms with Crippen molar-refractivity contribution >= 4 is 46.5 Å². The van der Waals surface area contributed by atoms with Crippen LogP contribution in [0.1, 0.15) is 20.8 Å². The average Bonchev–Trinajstić information content (AvgIpc) is 2.90. The van der Waals surface area contributed by atoms with E-state index in [4.69, 9.17) is 11.6 Å². The SMILES string of the molecule is CCN(C(=O)C(C)C(C)S)c1sc(-c2cccnc2)nc1Cl. The third kappa shape index (κ3) is 3.62. The summed E-state index contributed by atoms with van der Waals surface area (Å²) < 4.78 is 0. The molecular weight excluding hydrogens is 338 g/mol. The van der Waals surface area contributed by atoms with E-state index in [9.17, 15) is 4.79 Å². The van der Waals surface area contributed by atoms with Gasteiger partial charge in [0.05, 0.1) is 0 Å². The van der Waals surface area contributed by atoms with Crippen LogP contribution >= 0.6 is 35.6 Å². The lowest BCUT2D eigenvalue weighted by Gasteiger charge is -2.24. The second kappa shape index (κ2) is 7.44. The second-order valence-corrected chi connectivity index (χ2v) is 7.12. The number of carbonyl (C=O) groups excluding carboxylic acids is 1. The molecule has 22 heavy (non-hydrogen) atoms. The number of aromatic nitrogens is 2. The molecule has 0 aliphatic carbocycles. The number of pyridine rings is 1. The molecule has 0 aliphatic heterocycles. The first-order valence-corrected chi connectivity index (χ1v) is 8.73. The van der Waals surface area contributed by atoms with Crippen molar-refractivity contribution < 1.29 is 4.79 Å². The summed E-state index contributed by atoms with van der Waals surface area (Å²) in [5.41, 5.74) is 0.889. The highest BCUT2D eigenvalue weighted by Crippen LogP contribution is 2.38. The molecule has 0 radical (unpaired) electrons. The average molecular weight is 356 g/mol. The van der Waals surface area contributed by atoms with Gasteiger partial charge >= 0.3 is 0 Å². The van der Waals surface area contributed by atoms with Crippen LogP contribution in [0.4, 0.5) is 5.00 Å². The Hall–Kier alpha value is -1.11. The molecule has 1 amide bonds. The molecule has 0 N–H and O–H groups in total. The third-order valence-electron chi connectivity index (χ3n) is 3.42. The molecule has 0 bridgehead atoms. The molecular formula is C15H18ClN3OS2. The van der Waals surface area contributed by atoms with Crippen molar-refractivity contribution in [3.05, 3.63) is 29.7 Å². The minimum atomic E-state index is -0.191. The molecule has 0 saturated carbocycles. The molecule has 2 heterocycles. The van der Waals surface area contributed by atoms with Crippen LogP contribution in [-0.2, 0) is 4.79 Å². The number of thiazole rings is 1. The van der Waals surface area contributed by atoms with Crippen LogP contribution in [-0.4, -0.2) is 27.7 Å². The zero-order valence-corrected chi connectivity index (χ0v) is 15.1. The van der Waals surface area contributed by atoms with Crippen molar-refractivity contribution in [1.29, 1.82) is 0 Å². The number of hydrogen-bond donors (Lipinski definition) is 1. The van der Waals surface area contributed by atoms with Crippen LogP contribution in [0.25, 0.3) is 10.6 Å². The molecule has 0 aromatic carbocycles. The molecule has 2 rings (SSSR count). The van der Waals surface area contributed by atoms with E-state index in [0.29, 0.717) is 16.7 Å². The number of anilines is 1. The van der Waals surface area contributed by atoms with Crippen LogP contribution in [0.2, 0.25) is 5.15 Å². The van der Waals surface area contributed by atoms with Crippen molar-refractivity contribution in [3.8, 4) is 10.6 Å². The predicted octanol–water partition coefficient (Wildman–Crippen LogP) is 4.17. The molecule has 7 heteroatoms. The van der Waals surface area contributed by atoms with Crippen molar-refractivity contribution in [2.75, 3.05) is 11.4 Å². The quantitative estimate of drug-likeness (QED) is 0.819. The van der Waals surface area contributed by atoms with Crippen LogP contribution in [0.3, 0.4) is 0 Å². The summed E-state index contributed by atoms with van der Waals surface area (Å²) in [6.07, 6.45) is 3.44. The van der Waals surface area contributed by atoms with Gasteiger partial charge in [-0.2, -0.15) is 12.6 Å². The Bertz CT molecular complexity index is 645. The van der Waals surface area contributed by atoms with E-state index in [1.165, 1.54) is 11.3 Å².